The minimum Gasteiger partial charge on any atom is -0.481 e. The Hall–Kier alpha value is -1.70. The molecular formula is C11H9ClF3NO4. The molecule has 1 aliphatic heterocycles. The molecule has 1 N–H and O–H groups in total. The van der Waals surface area contributed by atoms with Gasteiger partial charge in [-0.3, -0.25) is 9.59 Å². The van der Waals surface area contributed by atoms with Crippen LogP contribution in [0.1, 0.15) is 17.0 Å². The Bertz CT molecular complexity index is 556. The van der Waals surface area contributed by atoms with Crippen molar-refractivity contribution in [1.82, 2.24) is 4.90 Å². The average Bonchev–Trinajstić information content (AvgIpc) is 2.93. The molecule has 0 aliphatic carbocycles. The molecule has 0 radical (unpaired) electrons. The third-order valence-electron chi connectivity index (χ3n) is 3.29. The summed E-state index contributed by atoms with van der Waals surface area (Å²) in [5.74, 6) is -3.03. The number of hydrogen-bond donors (Lipinski definition) is 1. The van der Waals surface area contributed by atoms with E-state index in [4.69, 9.17) is 21.1 Å². The number of aliphatic carboxylic acids is 1. The van der Waals surface area contributed by atoms with Gasteiger partial charge >= 0.3 is 12.1 Å². The fourth-order valence-electron chi connectivity index (χ4n) is 2.10. The van der Waals surface area contributed by atoms with Crippen LogP contribution in [0.2, 0.25) is 5.22 Å². The molecule has 5 nitrogen and oxygen atoms in total. The summed E-state index contributed by atoms with van der Waals surface area (Å²) in [7, 11) is 0. The first kappa shape index (κ1) is 14.7. The molecule has 2 rings (SSSR count). The second-order valence-corrected chi connectivity index (χ2v) is 4.84. The van der Waals surface area contributed by atoms with Crippen molar-refractivity contribution < 1.29 is 32.3 Å². The molecule has 2 heterocycles. The minimum atomic E-state index is -4.94. The van der Waals surface area contributed by atoms with Gasteiger partial charge in [0.25, 0.3) is 5.91 Å². The van der Waals surface area contributed by atoms with Gasteiger partial charge in [0.1, 0.15) is 0 Å². The molecule has 1 atom stereocenters. The number of alkyl halides is 3. The van der Waals surface area contributed by atoms with Crippen molar-refractivity contribution in [3.8, 4) is 0 Å². The van der Waals surface area contributed by atoms with Crippen molar-refractivity contribution in [3.05, 3.63) is 23.1 Å². The molecule has 1 unspecified atom stereocenters. The molecule has 110 valence electrons. The van der Waals surface area contributed by atoms with E-state index in [2.05, 4.69) is 0 Å². The monoisotopic (exact) mass is 311 g/mol. The summed E-state index contributed by atoms with van der Waals surface area (Å²) in [6.07, 6.45) is -5.62. The Morgan fingerprint density at radius 2 is 2.05 bits per heavy atom. The van der Waals surface area contributed by atoms with Crippen LogP contribution in [0, 0.1) is 5.41 Å². The number of hydrogen-bond acceptors (Lipinski definition) is 3. The van der Waals surface area contributed by atoms with Crippen LogP contribution in [-0.2, 0) is 4.79 Å². The van der Waals surface area contributed by atoms with Gasteiger partial charge in [0.15, 0.2) is 16.4 Å². The quantitative estimate of drug-likeness (QED) is 0.910. The van der Waals surface area contributed by atoms with E-state index in [0.29, 0.717) is 0 Å². The SMILES string of the molecule is O=C(c1ccc(Cl)o1)N1CCC(C(=O)O)(C(F)(F)F)C1. The van der Waals surface area contributed by atoms with E-state index in [1.54, 1.807) is 0 Å². The lowest BCUT2D eigenvalue weighted by Gasteiger charge is -2.26. The topological polar surface area (TPSA) is 70.8 Å². The molecule has 0 spiro atoms. The summed E-state index contributed by atoms with van der Waals surface area (Å²) in [5.41, 5.74) is -2.93. The number of amides is 1. The molecule has 1 fully saturated rings. The highest BCUT2D eigenvalue weighted by Gasteiger charge is 2.64. The highest BCUT2D eigenvalue weighted by atomic mass is 35.5. The van der Waals surface area contributed by atoms with Gasteiger partial charge in [0.05, 0.1) is 0 Å². The van der Waals surface area contributed by atoms with E-state index in [9.17, 15) is 22.8 Å². The molecule has 9 heteroatoms. The van der Waals surface area contributed by atoms with Crippen molar-refractivity contribution in [2.24, 2.45) is 5.41 Å². The average molecular weight is 312 g/mol. The summed E-state index contributed by atoms with van der Waals surface area (Å²) in [5, 5.41) is 8.80. The molecule has 20 heavy (non-hydrogen) atoms. The molecule has 1 aromatic rings. The highest BCUT2D eigenvalue weighted by molar-refractivity contribution is 6.29. The second-order valence-electron chi connectivity index (χ2n) is 4.47. The number of carboxylic acid groups (broad SMARTS) is 1. The molecule has 0 aromatic carbocycles. The van der Waals surface area contributed by atoms with Gasteiger partial charge in [0, 0.05) is 13.1 Å². The Labute approximate surface area is 115 Å². The zero-order valence-electron chi connectivity index (χ0n) is 9.91. The van der Waals surface area contributed by atoms with Crippen molar-refractivity contribution in [2.45, 2.75) is 12.6 Å². The largest absolute Gasteiger partial charge is 0.481 e. The maximum atomic E-state index is 12.9. The van der Waals surface area contributed by atoms with Crippen molar-refractivity contribution in [1.29, 1.82) is 0 Å². The number of carbonyl (C=O) groups is 2. The van der Waals surface area contributed by atoms with E-state index in [-0.39, 0.29) is 17.5 Å². The Kier molecular flexibility index (Phi) is 3.45. The Morgan fingerprint density at radius 3 is 2.45 bits per heavy atom. The molecule has 0 saturated carbocycles. The van der Waals surface area contributed by atoms with E-state index in [0.717, 1.165) is 4.90 Å². The van der Waals surface area contributed by atoms with Crippen LogP contribution >= 0.6 is 11.6 Å². The molecule has 1 saturated heterocycles. The summed E-state index contributed by atoms with van der Waals surface area (Å²) in [6, 6.07) is 2.50. The van der Waals surface area contributed by atoms with Crippen molar-refractivity contribution in [2.75, 3.05) is 13.1 Å². The fourth-order valence-corrected chi connectivity index (χ4v) is 2.24. The standard InChI is InChI=1S/C11H9ClF3NO4/c12-7-2-1-6(20-7)8(17)16-4-3-10(5-16,9(18)19)11(13,14)15/h1-2H,3-5H2,(H,18,19). The fraction of sp³-hybridized carbons (Fsp3) is 0.455. The lowest BCUT2D eigenvalue weighted by molar-refractivity contribution is -0.227. The van der Waals surface area contributed by atoms with Gasteiger partial charge in [-0.1, -0.05) is 0 Å². The summed E-state index contributed by atoms with van der Waals surface area (Å²) in [4.78, 5) is 23.7. The van der Waals surface area contributed by atoms with Crippen LogP contribution in [0.15, 0.2) is 16.5 Å². The summed E-state index contributed by atoms with van der Waals surface area (Å²) < 4.78 is 43.7. The van der Waals surface area contributed by atoms with Gasteiger partial charge in [-0.2, -0.15) is 13.2 Å². The molecule has 1 aromatic heterocycles. The summed E-state index contributed by atoms with van der Waals surface area (Å²) >= 11 is 5.48. The number of nitrogens with zero attached hydrogens (tertiary/aromatic N) is 1. The first-order valence-electron chi connectivity index (χ1n) is 5.52. The van der Waals surface area contributed by atoms with E-state index < -0.39 is 36.4 Å². The van der Waals surface area contributed by atoms with Crippen LogP contribution in [0.3, 0.4) is 0 Å². The number of rotatable bonds is 2. The first-order valence-corrected chi connectivity index (χ1v) is 5.90. The van der Waals surface area contributed by atoms with Gasteiger partial charge < -0.3 is 14.4 Å². The molecule has 0 bridgehead atoms. The van der Waals surface area contributed by atoms with E-state index in [1.807, 2.05) is 0 Å². The van der Waals surface area contributed by atoms with Gasteiger partial charge in [-0.15, -0.1) is 0 Å². The van der Waals surface area contributed by atoms with Gasteiger partial charge in [0.2, 0.25) is 0 Å². The maximum absolute atomic E-state index is 12.9. The molecule has 1 amide bonds. The first-order chi connectivity index (χ1) is 9.17. The van der Waals surface area contributed by atoms with Gasteiger partial charge in [-0.25, -0.2) is 0 Å². The second kappa shape index (κ2) is 4.69. The number of carboxylic acids is 1. The van der Waals surface area contributed by atoms with Crippen molar-refractivity contribution >= 4 is 23.5 Å². The predicted octanol–water partition coefficient (Wildman–Crippen LogP) is 2.41. The predicted molar refractivity (Wildman–Crippen MR) is 60.4 cm³/mol. The number of carbonyl (C=O) groups excluding carboxylic acids is 1. The van der Waals surface area contributed by atoms with Crippen LogP contribution in [0.4, 0.5) is 13.2 Å². The normalized spacial score (nSPS) is 23.1. The van der Waals surface area contributed by atoms with E-state index >= 15 is 0 Å². The van der Waals surface area contributed by atoms with Crippen LogP contribution in [-0.4, -0.2) is 41.1 Å². The van der Waals surface area contributed by atoms with Crippen LogP contribution in [0.5, 0.6) is 0 Å². The van der Waals surface area contributed by atoms with Crippen LogP contribution < -0.4 is 0 Å². The number of halogens is 4. The molecular weight excluding hydrogens is 303 g/mol. The number of furan rings is 1. The zero-order valence-corrected chi connectivity index (χ0v) is 10.7. The third-order valence-corrected chi connectivity index (χ3v) is 3.50. The van der Waals surface area contributed by atoms with Crippen LogP contribution in [0.25, 0.3) is 0 Å². The Morgan fingerprint density at radius 1 is 1.40 bits per heavy atom. The van der Waals surface area contributed by atoms with Crippen molar-refractivity contribution in [3.63, 3.8) is 0 Å². The Balaban J connectivity index is 2.23. The zero-order chi connectivity index (χ0) is 15.1. The maximum Gasteiger partial charge on any atom is 0.406 e. The summed E-state index contributed by atoms with van der Waals surface area (Å²) in [6.45, 7) is -1.26. The smallest absolute Gasteiger partial charge is 0.406 e. The van der Waals surface area contributed by atoms with Gasteiger partial charge in [-0.05, 0) is 30.2 Å². The minimum absolute atomic E-state index is 0.0760. The number of likely N-dealkylation sites (tertiary alicyclic amines) is 1. The van der Waals surface area contributed by atoms with E-state index in [1.165, 1.54) is 12.1 Å². The molecule has 1 aliphatic rings. The lowest BCUT2D eigenvalue weighted by atomic mass is 9.86. The highest BCUT2D eigenvalue weighted by Crippen LogP contribution is 2.46. The lowest BCUT2D eigenvalue weighted by Crippen LogP contribution is -2.47. The third kappa shape index (κ3) is 2.24.